The lowest BCUT2D eigenvalue weighted by molar-refractivity contribution is -0.311. The Kier molecular flexibility index (Phi) is 10.8. The topological polar surface area (TPSA) is 161 Å². The summed E-state index contributed by atoms with van der Waals surface area (Å²) in [5.74, 6) is -3.12. The van der Waals surface area contributed by atoms with Crippen LogP contribution < -0.4 is 5.48 Å². The van der Waals surface area contributed by atoms with E-state index in [-0.39, 0.29) is 10.6 Å². The quantitative estimate of drug-likeness (QED) is 0.187. The minimum Gasteiger partial charge on any atom is -0.456 e. The van der Waals surface area contributed by atoms with E-state index in [1.807, 2.05) is 0 Å². The predicted molar refractivity (Wildman–Crippen MR) is 143 cm³/mol. The fourth-order valence-electron chi connectivity index (χ4n) is 4.08. The number of carbonyl (C=O) groups is 4. The van der Waals surface area contributed by atoms with Crippen LogP contribution in [0.3, 0.4) is 0 Å². The Hall–Kier alpha value is -4.07. The number of nitrogens with one attached hydrogen (secondary N) is 1. The zero-order valence-electron chi connectivity index (χ0n) is 22.8. The van der Waals surface area contributed by atoms with Crippen molar-refractivity contribution < 1.29 is 51.4 Å². The van der Waals surface area contributed by atoms with Crippen LogP contribution in [0.2, 0.25) is 0 Å². The molecule has 3 rings (SSSR count). The molecule has 0 radical (unpaired) electrons. The first-order valence-electron chi connectivity index (χ1n) is 12.5. The van der Waals surface area contributed by atoms with Gasteiger partial charge < -0.3 is 18.9 Å². The van der Waals surface area contributed by atoms with E-state index in [4.69, 9.17) is 23.8 Å². The molecule has 0 spiro atoms. The number of esters is 3. The first-order valence-corrected chi connectivity index (χ1v) is 14.2. The highest BCUT2D eigenvalue weighted by atomic mass is 32.2. The van der Waals surface area contributed by atoms with Crippen molar-refractivity contribution >= 4 is 39.7 Å². The van der Waals surface area contributed by atoms with Crippen molar-refractivity contribution in [2.45, 2.75) is 69.0 Å². The molecule has 1 fully saturated rings. The Balaban J connectivity index is 1.70. The molecule has 2 aromatic rings. The van der Waals surface area contributed by atoms with E-state index in [0.29, 0.717) is 11.1 Å². The average Bonchev–Trinajstić information content (AvgIpc) is 2.90. The summed E-state index contributed by atoms with van der Waals surface area (Å²) in [6.45, 7) is 4.91. The Morgan fingerprint density at radius 1 is 0.854 bits per heavy atom. The van der Waals surface area contributed by atoms with Crippen molar-refractivity contribution in [2.75, 3.05) is 0 Å². The number of rotatable bonds is 10. The smallest absolute Gasteiger partial charge is 0.303 e. The molecule has 1 amide bonds. The number of hydroxylamine groups is 1. The molecule has 0 aromatic heterocycles. The third-order valence-corrected chi connectivity index (χ3v) is 7.44. The van der Waals surface area contributed by atoms with Crippen molar-refractivity contribution in [3.05, 3.63) is 71.8 Å². The zero-order valence-corrected chi connectivity index (χ0v) is 23.7. The molecule has 1 heterocycles. The largest absolute Gasteiger partial charge is 0.456 e. The van der Waals surface area contributed by atoms with Crippen LogP contribution in [0.1, 0.15) is 38.8 Å². The summed E-state index contributed by atoms with van der Waals surface area (Å²) >= 11 is 0. The third kappa shape index (κ3) is 9.23. The maximum Gasteiger partial charge on any atom is 0.303 e. The number of ether oxygens (including phenoxy) is 4. The number of carbonyl (C=O) groups excluding carboxylic acids is 4. The number of hydrogen-bond donors (Lipinski definition) is 1. The molecule has 0 bridgehead atoms. The molecule has 5 atom stereocenters. The van der Waals surface area contributed by atoms with Crippen molar-refractivity contribution in [2.24, 2.45) is 0 Å². The Labute approximate surface area is 237 Å². The average molecular weight is 590 g/mol. The highest BCUT2D eigenvalue weighted by Crippen LogP contribution is 2.29. The molecular formula is C28H31NO11S. The second kappa shape index (κ2) is 14.0. The third-order valence-electron chi connectivity index (χ3n) is 5.75. The van der Waals surface area contributed by atoms with Gasteiger partial charge in [-0.2, -0.15) is 0 Å². The zero-order chi connectivity index (χ0) is 30.2. The van der Waals surface area contributed by atoms with E-state index in [1.54, 1.807) is 42.5 Å². The molecule has 1 N–H and O–H groups in total. The monoisotopic (exact) mass is 589 g/mol. The van der Waals surface area contributed by atoms with Crippen molar-refractivity contribution in [3.8, 4) is 0 Å². The lowest BCUT2D eigenvalue weighted by atomic mass is 9.99. The van der Waals surface area contributed by atoms with Crippen molar-refractivity contribution in [1.29, 1.82) is 0 Å². The first kappa shape index (κ1) is 31.5. The van der Waals surface area contributed by atoms with Gasteiger partial charge in [0.05, 0.1) is 16.8 Å². The molecule has 0 aliphatic carbocycles. The highest BCUT2D eigenvalue weighted by molar-refractivity contribution is 7.90. The summed E-state index contributed by atoms with van der Waals surface area (Å²) in [7, 11) is -3.63. The molecule has 12 nitrogen and oxygen atoms in total. The SMILES string of the molecule is CC(=O)O[C@H]1[C@H](OC(C)=O)[C@H](ONC(=O)/C=C/c2cccc(S(=O)(=O)Cc3ccccc3)c2)O[C@@H](C)[C@H]1OC(C)=O. The number of sulfone groups is 1. The Bertz CT molecular complexity index is 1390. The van der Waals surface area contributed by atoms with Crippen molar-refractivity contribution in [3.63, 3.8) is 0 Å². The normalized spacial score (nSPS) is 22.5. The maximum absolute atomic E-state index is 12.8. The van der Waals surface area contributed by atoms with Crippen LogP contribution in [0, 0.1) is 0 Å². The van der Waals surface area contributed by atoms with E-state index in [1.165, 1.54) is 25.1 Å². The molecule has 220 valence electrons. The van der Waals surface area contributed by atoms with Crippen LogP contribution in [-0.2, 0) is 58.6 Å². The van der Waals surface area contributed by atoms with Gasteiger partial charge in [-0.25, -0.2) is 18.7 Å². The summed E-state index contributed by atoms with van der Waals surface area (Å²) in [6.07, 6.45) is -3.65. The number of amides is 1. The number of hydrogen-bond acceptors (Lipinski definition) is 11. The first-order chi connectivity index (χ1) is 19.4. The molecule has 1 aliphatic heterocycles. The maximum atomic E-state index is 12.8. The fraction of sp³-hybridized carbons (Fsp3) is 0.357. The summed E-state index contributed by atoms with van der Waals surface area (Å²) in [5.41, 5.74) is 3.23. The van der Waals surface area contributed by atoms with Crippen LogP contribution in [0.15, 0.2) is 65.6 Å². The Morgan fingerprint density at radius 3 is 2.10 bits per heavy atom. The number of benzene rings is 2. The molecule has 41 heavy (non-hydrogen) atoms. The molecule has 0 saturated carbocycles. The van der Waals surface area contributed by atoms with Gasteiger partial charge >= 0.3 is 17.9 Å². The lowest BCUT2D eigenvalue weighted by Gasteiger charge is -2.42. The van der Waals surface area contributed by atoms with Gasteiger partial charge in [0.15, 0.2) is 28.1 Å². The standard InChI is InChI=1S/C28H31NO11S/c1-17-25(37-18(2)30)26(38-19(3)31)27(39-20(4)32)28(36-17)40-29-24(33)14-13-21-11-8-12-23(15-21)41(34,35)16-22-9-6-5-7-10-22/h5-15,17,25-28H,16H2,1-4H3,(H,29,33)/b14-13+/t17-,25+,26+,27-,28-/m0/s1. The van der Waals surface area contributed by atoms with Crippen LogP contribution >= 0.6 is 0 Å². The minimum atomic E-state index is -3.63. The van der Waals surface area contributed by atoms with Gasteiger partial charge in [-0.3, -0.25) is 19.2 Å². The summed E-state index contributed by atoms with van der Waals surface area (Å²) in [5, 5.41) is 0. The van der Waals surface area contributed by atoms with Gasteiger partial charge in [-0.05, 0) is 36.3 Å². The van der Waals surface area contributed by atoms with E-state index in [0.717, 1.165) is 26.8 Å². The van der Waals surface area contributed by atoms with Gasteiger partial charge in [0, 0.05) is 26.8 Å². The van der Waals surface area contributed by atoms with Crippen molar-refractivity contribution in [1.82, 2.24) is 5.48 Å². The van der Waals surface area contributed by atoms with Crippen LogP contribution in [0.25, 0.3) is 6.08 Å². The van der Waals surface area contributed by atoms with Crippen LogP contribution in [0.5, 0.6) is 0 Å². The summed E-state index contributed by atoms with van der Waals surface area (Å²) < 4.78 is 47.1. The summed E-state index contributed by atoms with van der Waals surface area (Å²) in [6, 6.07) is 14.8. The van der Waals surface area contributed by atoms with Gasteiger partial charge in [0.2, 0.25) is 6.29 Å². The predicted octanol–water partition coefficient (Wildman–Crippen LogP) is 2.26. The molecule has 2 aromatic carbocycles. The van der Waals surface area contributed by atoms with Crippen LogP contribution in [-0.4, -0.2) is 62.9 Å². The van der Waals surface area contributed by atoms with E-state index in [9.17, 15) is 27.6 Å². The van der Waals surface area contributed by atoms with Gasteiger partial charge in [-0.15, -0.1) is 0 Å². The van der Waals surface area contributed by atoms with E-state index < -0.39 is 64.4 Å². The molecule has 1 saturated heterocycles. The van der Waals surface area contributed by atoms with Crippen LogP contribution in [0.4, 0.5) is 0 Å². The van der Waals surface area contributed by atoms with Gasteiger partial charge in [0.25, 0.3) is 5.91 Å². The van der Waals surface area contributed by atoms with Gasteiger partial charge in [0.1, 0.15) is 0 Å². The molecule has 13 heteroatoms. The van der Waals surface area contributed by atoms with E-state index in [2.05, 4.69) is 5.48 Å². The van der Waals surface area contributed by atoms with E-state index >= 15 is 0 Å². The Morgan fingerprint density at radius 2 is 1.46 bits per heavy atom. The molecular weight excluding hydrogens is 558 g/mol. The minimum absolute atomic E-state index is 0.0906. The van der Waals surface area contributed by atoms with Gasteiger partial charge in [-0.1, -0.05) is 42.5 Å². The second-order valence-electron chi connectivity index (χ2n) is 9.17. The highest BCUT2D eigenvalue weighted by Gasteiger charge is 2.51. The summed E-state index contributed by atoms with van der Waals surface area (Å²) in [4.78, 5) is 53.1. The molecule has 0 unspecified atom stereocenters. The fourth-order valence-corrected chi connectivity index (χ4v) is 5.47. The lowest BCUT2D eigenvalue weighted by Crippen LogP contribution is -2.62. The molecule has 1 aliphatic rings. The second-order valence-corrected chi connectivity index (χ2v) is 11.2.